The van der Waals surface area contributed by atoms with Crippen LogP contribution in [-0.2, 0) is 4.74 Å². The van der Waals surface area contributed by atoms with Crippen molar-refractivity contribution in [3.05, 3.63) is 40.7 Å². The third-order valence-corrected chi connectivity index (χ3v) is 4.72. The predicted molar refractivity (Wildman–Crippen MR) is 96.1 cm³/mol. The van der Waals surface area contributed by atoms with Crippen LogP contribution in [-0.4, -0.2) is 52.1 Å². The zero-order valence-corrected chi connectivity index (χ0v) is 15.5. The van der Waals surface area contributed by atoms with Gasteiger partial charge in [0.15, 0.2) is 5.69 Å². The molecule has 2 heterocycles. The van der Waals surface area contributed by atoms with Gasteiger partial charge >= 0.3 is 0 Å². The molecule has 0 radical (unpaired) electrons. The van der Waals surface area contributed by atoms with E-state index in [4.69, 9.17) is 4.74 Å². The van der Waals surface area contributed by atoms with Gasteiger partial charge < -0.3 is 9.64 Å². The van der Waals surface area contributed by atoms with Crippen molar-refractivity contribution in [1.29, 1.82) is 0 Å². The lowest BCUT2D eigenvalue weighted by molar-refractivity contribution is 0.0723. The lowest BCUT2D eigenvalue weighted by atomic mass is 10.1. The Morgan fingerprint density at radius 2 is 2.12 bits per heavy atom. The molecule has 1 aromatic carbocycles. The molecule has 2 aromatic rings. The second kappa shape index (κ2) is 7.35. The Kier molecular flexibility index (Phi) is 5.18. The average Bonchev–Trinajstić information content (AvgIpc) is 3.21. The molecule has 1 aromatic heterocycles. The zero-order chi connectivity index (χ0) is 18.0. The zero-order valence-electron chi connectivity index (χ0n) is 15.5. The Balaban J connectivity index is 1.84. The molecule has 1 atom stereocenters. The molecule has 1 fully saturated rings. The summed E-state index contributed by atoms with van der Waals surface area (Å²) < 4.78 is 5.43. The number of ether oxygens (including phenoxy) is 1. The Hall–Kier alpha value is -2.21. The van der Waals surface area contributed by atoms with Gasteiger partial charge in [0.25, 0.3) is 5.91 Å². The summed E-state index contributed by atoms with van der Waals surface area (Å²) in [6.07, 6.45) is 1.01. The van der Waals surface area contributed by atoms with E-state index in [2.05, 4.69) is 23.2 Å². The molecule has 134 valence electrons. The Morgan fingerprint density at radius 3 is 2.76 bits per heavy atom. The first-order valence-electron chi connectivity index (χ1n) is 8.88. The quantitative estimate of drug-likeness (QED) is 0.838. The number of aryl methyl sites for hydroxylation is 3. The second-order valence-electron chi connectivity index (χ2n) is 6.79. The number of aromatic nitrogens is 3. The van der Waals surface area contributed by atoms with Crippen LogP contribution in [0.2, 0.25) is 0 Å². The van der Waals surface area contributed by atoms with Crippen molar-refractivity contribution in [1.82, 2.24) is 19.9 Å². The number of hydrogen-bond acceptors (Lipinski definition) is 4. The van der Waals surface area contributed by atoms with E-state index in [1.807, 2.05) is 37.8 Å². The Labute approximate surface area is 148 Å². The van der Waals surface area contributed by atoms with Crippen LogP contribution in [0.25, 0.3) is 5.69 Å². The SMILES string of the molecule is CCN(C[C@H]1CCOC1)C(=O)c1nn(-c2ccc(C)cc2C)nc1C. The van der Waals surface area contributed by atoms with Crippen LogP contribution in [0.3, 0.4) is 0 Å². The van der Waals surface area contributed by atoms with Gasteiger partial charge in [-0.3, -0.25) is 4.79 Å². The van der Waals surface area contributed by atoms with Gasteiger partial charge in [0, 0.05) is 25.6 Å². The Bertz CT molecular complexity index is 763. The molecule has 0 saturated carbocycles. The molecule has 25 heavy (non-hydrogen) atoms. The highest BCUT2D eigenvalue weighted by atomic mass is 16.5. The van der Waals surface area contributed by atoms with Crippen molar-refractivity contribution in [2.24, 2.45) is 5.92 Å². The van der Waals surface area contributed by atoms with Gasteiger partial charge in [-0.05, 0) is 45.7 Å². The molecule has 6 heteroatoms. The molecular formula is C19H26N4O2. The molecule has 1 saturated heterocycles. The van der Waals surface area contributed by atoms with Crippen molar-refractivity contribution < 1.29 is 9.53 Å². The summed E-state index contributed by atoms with van der Waals surface area (Å²) in [5.41, 5.74) is 4.27. The third kappa shape index (κ3) is 3.74. The van der Waals surface area contributed by atoms with E-state index in [0.717, 1.165) is 30.9 Å². The smallest absolute Gasteiger partial charge is 0.276 e. The summed E-state index contributed by atoms with van der Waals surface area (Å²) in [5.74, 6) is 0.363. The Morgan fingerprint density at radius 1 is 1.32 bits per heavy atom. The van der Waals surface area contributed by atoms with Gasteiger partial charge in [0.05, 0.1) is 18.0 Å². The number of carbonyl (C=O) groups excluding carboxylic acids is 1. The lowest BCUT2D eigenvalue weighted by Gasteiger charge is -2.22. The van der Waals surface area contributed by atoms with Crippen molar-refractivity contribution in [3.63, 3.8) is 0 Å². The highest BCUT2D eigenvalue weighted by Gasteiger charge is 2.26. The van der Waals surface area contributed by atoms with Gasteiger partial charge in [-0.25, -0.2) is 0 Å². The standard InChI is InChI=1S/C19H26N4O2/c1-5-22(11-16-8-9-25-12-16)19(24)18-15(4)20-23(21-18)17-7-6-13(2)10-14(17)3/h6-7,10,16H,5,8-9,11-12H2,1-4H3/t16-/m1/s1. The van der Waals surface area contributed by atoms with Crippen LogP contribution < -0.4 is 0 Å². The van der Waals surface area contributed by atoms with Crippen LogP contribution in [0.4, 0.5) is 0 Å². The molecule has 3 rings (SSSR count). The number of nitrogens with zero attached hydrogens (tertiary/aromatic N) is 4. The summed E-state index contributed by atoms with van der Waals surface area (Å²) in [7, 11) is 0. The van der Waals surface area contributed by atoms with Crippen molar-refractivity contribution in [2.45, 2.75) is 34.1 Å². The van der Waals surface area contributed by atoms with Gasteiger partial charge in [0.1, 0.15) is 0 Å². The van der Waals surface area contributed by atoms with Gasteiger partial charge in [0.2, 0.25) is 0 Å². The van der Waals surface area contributed by atoms with Crippen molar-refractivity contribution >= 4 is 5.91 Å². The van der Waals surface area contributed by atoms with Crippen LogP contribution in [0.15, 0.2) is 18.2 Å². The van der Waals surface area contributed by atoms with Crippen molar-refractivity contribution in [2.75, 3.05) is 26.3 Å². The third-order valence-electron chi connectivity index (χ3n) is 4.72. The van der Waals surface area contributed by atoms with E-state index in [-0.39, 0.29) is 5.91 Å². The second-order valence-corrected chi connectivity index (χ2v) is 6.79. The molecule has 1 aliphatic rings. The monoisotopic (exact) mass is 342 g/mol. The highest BCUT2D eigenvalue weighted by Crippen LogP contribution is 2.18. The first-order chi connectivity index (χ1) is 12.0. The molecule has 6 nitrogen and oxygen atoms in total. The van der Waals surface area contributed by atoms with E-state index in [1.54, 1.807) is 4.80 Å². The molecule has 0 spiro atoms. The van der Waals surface area contributed by atoms with E-state index in [0.29, 0.717) is 30.4 Å². The maximum absolute atomic E-state index is 12.9. The highest BCUT2D eigenvalue weighted by molar-refractivity contribution is 5.93. The average molecular weight is 342 g/mol. The molecule has 1 amide bonds. The van der Waals surface area contributed by atoms with Crippen LogP contribution >= 0.6 is 0 Å². The number of carbonyl (C=O) groups is 1. The van der Waals surface area contributed by atoms with E-state index >= 15 is 0 Å². The fourth-order valence-electron chi connectivity index (χ4n) is 3.26. The number of benzene rings is 1. The normalized spacial score (nSPS) is 17.0. The topological polar surface area (TPSA) is 60.2 Å². The fourth-order valence-corrected chi connectivity index (χ4v) is 3.26. The van der Waals surface area contributed by atoms with Gasteiger partial charge in [-0.2, -0.15) is 9.90 Å². The first-order valence-corrected chi connectivity index (χ1v) is 8.88. The molecule has 1 aliphatic heterocycles. The number of amides is 1. The van der Waals surface area contributed by atoms with Crippen LogP contribution in [0.1, 0.15) is 40.7 Å². The summed E-state index contributed by atoms with van der Waals surface area (Å²) in [6, 6.07) is 6.11. The minimum atomic E-state index is -0.0529. The molecule has 0 aliphatic carbocycles. The van der Waals surface area contributed by atoms with Gasteiger partial charge in [-0.15, -0.1) is 5.10 Å². The number of rotatable bonds is 5. The minimum Gasteiger partial charge on any atom is -0.381 e. The predicted octanol–water partition coefficient (Wildman–Crippen LogP) is 2.69. The molecule has 0 unspecified atom stereocenters. The summed E-state index contributed by atoms with van der Waals surface area (Å²) in [4.78, 5) is 16.4. The first kappa shape index (κ1) is 17.6. The van der Waals surface area contributed by atoms with E-state index in [1.165, 1.54) is 5.56 Å². The van der Waals surface area contributed by atoms with E-state index in [9.17, 15) is 4.79 Å². The summed E-state index contributed by atoms with van der Waals surface area (Å²) >= 11 is 0. The molecule has 0 N–H and O–H groups in total. The fraction of sp³-hybridized carbons (Fsp3) is 0.526. The van der Waals surface area contributed by atoms with E-state index < -0.39 is 0 Å². The lowest BCUT2D eigenvalue weighted by Crippen LogP contribution is -2.36. The van der Waals surface area contributed by atoms with Crippen LogP contribution in [0.5, 0.6) is 0 Å². The maximum Gasteiger partial charge on any atom is 0.276 e. The molecule has 0 bridgehead atoms. The number of hydrogen-bond donors (Lipinski definition) is 0. The summed E-state index contributed by atoms with van der Waals surface area (Å²) in [5, 5.41) is 8.97. The minimum absolute atomic E-state index is 0.0529. The summed E-state index contributed by atoms with van der Waals surface area (Å²) in [6.45, 7) is 10.8. The molecular weight excluding hydrogens is 316 g/mol. The maximum atomic E-state index is 12.9. The van der Waals surface area contributed by atoms with Crippen LogP contribution in [0, 0.1) is 26.7 Å². The van der Waals surface area contributed by atoms with Crippen molar-refractivity contribution in [3.8, 4) is 5.69 Å². The van der Waals surface area contributed by atoms with Gasteiger partial charge in [-0.1, -0.05) is 17.7 Å². The largest absolute Gasteiger partial charge is 0.381 e.